The van der Waals surface area contributed by atoms with Gasteiger partial charge in [-0.05, 0) is 13.3 Å². The first-order chi connectivity index (χ1) is 7.59. The quantitative estimate of drug-likeness (QED) is 0.751. The van der Waals surface area contributed by atoms with Crippen LogP contribution in [0.4, 0.5) is 0 Å². The SMILES string of the molecule is CC(N)C(=O)N(C)Cc1nnc2n1CCC2. The molecule has 0 spiro atoms. The maximum absolute atomic E-state index is 11.6. The van der Waals surface area contributed by atoms with Crippen molar-refractivity contribution >= 4 is 5.91 Å². The molecule has 1 aromatic rings. The van der Waals surface area contributed by atoms with E-state index in [9.17, 15) is 4.79 Å². The molecule has 0 fully saturated rings. The molecule has 0 radical (unpaired) electrons. The molecule has 0 saturated carbocycles. The molecule has 88 valence electrons. The minimum absolute atomic E-state index is 0.0738. The number of hydrogen-bond donors (Lipinski definition) is 1. The maximum Gasteiger partial charge on any atom is 0.239 e. The average Bonchev–Trinajstić information content (AvgIpc) is 2.81. The molecular formula is C10H17N5O. The summed E-state index contributed by atoms with van der Waals surface area (Å²) in [5.74, 6) is 1.80. The van der Waals surface area contributed by atoms with E-state index in [0.717, 1.165) is 31.0 Å². The van der Waals surface area contributed by atoms with Crippen LogP contribution in [-0.4, -0.2) is 38.7 Å². The lowest BCUT2D eigenvalue weighted by molar-refractivity contribution is -0.131. The fraction of sp³-hybridized carbons (Fsp3) is 0.700. The van der Waals surface area contributed by atoms with E-state index in [-0.39, 0.29) is 5.91 Å². The van der Waals surface area contributed by atoms with Crippen LogP contribution in [0.5, 0.6) is 0 Å². The lowest BCUT2D eigenvalue weighted by Crippen LogP contribution is -2.39. The Kier molecular flexibility index (Phi) is 2.91. The Hall–Kier alpha value is -1.43. The lowest BCUT2D eigenvalue weighted by Gasteiger charge is -2.18. The molecule has 2 N–H and O–H groups in total. The van der Waals surface area contributed by atoms with E-state index in [0.29, 0.717) is 6.54 Å². The minimum Gasteiger partial charge on any atom is -0.337 e. The number of rotatable bonds is 3. The Morgan fingerprint density at radius 2 is 2.38 bits per heavy atom. The zero-order valence-corrected chi connectivity index (χ0v) is 9.68. The molecule has 1 amide bonds. The third-order valence-electron chi connectivity index (χ3n) is 2.83. The van der Waals surface area contributed by atoms with Gasteiger partial charge >= 0.3 is 0 Å². The summed E-state index contributed by atoms with van der Waals surface area (Å²) < 4.78 is 2.09. The summed E-state index contributed by atoms with van der Waals surface area (Å²) in [6.45, 7) is 3.12. The highest BCUT2D eigenvalue weighted by Gasteiger charge is 2.20. The van der Waals surface area contributed by atoms with Crippen molar-refractivity contribution in [2.45, 2.75) is 38.9 Å². The molecule has 2 heterocycles. The van der Waals surface area contributed by atoms with Gasteiger partial charge in [0.05, 0.1) is 12.6 Å². The Morgan fingerprint density at radius 1 is 1.62 bits per heavy atom. The van der Waals surface area contributed by atoms with E-state index in [1.165, 1.54) is 0 Å². The Labute approximate surface area is 94.4 Å². The number of aromatic nitrogens is 3. The zero-order chi connectivity index (χ0) is 11.7. The van der Waals surface area contributed by atoms with Gasteiger partial charge in [0.2, 0.25) is 5.91 Å². The second-order valence-electron chi connectivity index (χ2n) is 4.27. The van der Waals surface area contributed by atoms with Gasteiger partial charge in [0.25, 0.3) is 0 Å². The van der Waals surface area contributed by atoms with Crippen molar-refractivity contribution < 1.29 is 4.79 Å². The number of nitrogens with two attached hydrogens (primary N) is 1. The van der Waals surface area contributed by atoms with E-state index in [2.05, 4.69) is 14.8 Å². The van der Waals surface area contributed by atoms with E-state index < -0.39 is 6.04 Å². The highest BCUT2D eigenvalue weighted by atomic mass is 16.2. The molecule has 16 heavy (non-hydrogen) atoms. The van der Waals surface area contributed by atoms with Crippen LogP contribution in [0.1, 0.15) is 25.0 Å². The van der Waals surface area contributed by atoms with Crippen molar-refractivity contribution in [3.05, 3.63) is 11.6 Å². The Balaban J connectivity index is 2.07. The van der Waals surface area contributed by atoms with Gasteiger partial charge in [-0.3, -0.25) is 4.79 Å². The average molecular weight is 223 g/mol. The molecule has 0 bridgehead atoms. The number of likely N-dealkylation sites (N-methyl/N-ethyl adjacent to an activating group) is 1. The molecule has 1 aliphatic rings. The van der Waals surface area contributed by atoms with Crippen LogP contribution in [0.3, 0.4) is 0 Å². The molecule has 1 atom stereocenters. The summed E-state index contributed by atoms with van der Waals surface area (Å²) in [7, 11) is 1.74. The van der Waals surface area contributed by atoms with Gasteiger partial charge in [0.1, 0.15) is 5.82 Å². The predicted octanol–water partition coefficient (Wildman–Crippen LogP) is -0.470. The first-order valence-corrected chi connectivity index (χ1v) is 5.51. The normalized spacial score (nSPS) is 15.9. The third kappa shape index (κ3) is 1.92. The number of amides is 1. The van der Waals surface area contributed by atoms with Gasteiger partial charge < -0.3 is 15.2 Å². The summed E-state index contributed by atoms with van der Waals surface area (Å²) in [5.41, 5.74) is 5.54. The molecule has 6 heteroatoms. The Bertz CT molecular complexity index is 398. The molecule has 0 saturated heterocycles. The number of carbonyl (C=O) groups excluding carboxylic acids is 1. The summed E-state index contributed by atoms with van der Waals surface area (Å²) in [5, 5.41) is 8.20. The largest absolute Gasteiger partial charge is 0.337 e. The smallest absolute Gasteiger partial charge is 0.239 e. The number of fused-ring (bicyclic) bond motifs is 1. The van der Waals surface area contributed by atoms with Crippen LogP contribution in [0.15, 0.2) is 0 Å². The molecular weight excluding hydrogens is 206 g/mol. The molecule has 0 aromatic carbocycles. The topological polar surface area (TPSA) is 77.0 Å². The van der Waals surface area contributed by atoms with Crippen LogP contribution in [0, 0.1) is 0 Å². The van der Waals surface area contributed by atoms with Crippen LogP contribution < -0.4 is 5.73 Å². The van der Waals surface area contributed by atoms with Crippen molar-refractivity contribution in [3.63, 3.8) is 0 Å². The van der Waals surface area contributed by atoms with Crippen molar-refractivity contribution in [2.24, 2.45) is 5.73 Å². The van der Waals surface area contributed by atoms with Crippen LogP contribution in [0.2, 0.25) is 0 Å². The first-order valence-electron chi connectivity index (χ1n) is 5.51. The first kappa shape index (κ1) is 11.1. The number of nitrogens with zero attached hydrogens (tertiary/aromatic N) is 4. The predicted molar refractivity (Wildman–Crippen MR) is 58.5 cm³/mol. The monoisotopic (exact) mass is 223 g/mol. The fourth-order valence-corrected chi connectivity index (χ4v) is 1.97. The van der Waals surface area contributed by atoms with Crippen molar-refractivity contribution in [3.8, 4) is 0 Å². The zero-order valence-electron chi connectivity index (χ0n) is 9.68. The van der Waals surface area contributed by atoms with Crippen molar-refractivity contribution in [1.29, 1.82) is 0 Å². The lowest BCUT2D eigenvalue weighted by atomic mass is 10.3. The minimum atomic E-state index is -0.467. The third-order valence-corrected chi connectivity index (χ3v) is 2.83. The van der Waals surface area contributed by atoms with E-state index in [1.807, 2.05) is 0 Å². The fourth-order valence-electron chi connectivity index (χ4n) is 1.97. The highest BCUT2D eigenvalue weighted by molar-refractivity contribution is 5.80. The van der Waals surface area contributed by atoms with Gasteiger partial charge in [-0.15, -0.1) is 10.2 Å². The van der Waals surface area contributed by atoms with Gasteiger partial charge in [0, 0.05) is 20.0 Å². The maximum atomic E-state index is 11.6. The number of hydrogen-bond acceptors (Lipinski definition) is 4. The van der Waals surface area contributed by atoms with Crippen molar-refractivity contribution in [2.75, 3.05) is 7.05 Å². The summed E-state index contributed by atoms with van der Waals surface area (Å²) in [6, 6.07) is -0.467. The standard InChI is InChI=1S/C10H17N5O/c1-7(11)10(16)14(2)6-9-13-12-8-4-3-5-15(8)9/h7H,3-6,11H2,1-2H3. The second-order valence-corrected chi connectivity index (χ2v) is 4.27. The van der Waals surface area contributed by atoms with Crippen LogP contribution in [-0.2, 0) is 24.3 Å². The Morgan fingerprint density at radius 3 is 3.06 bits per heavy atom. The van der Waals surface area contributed by atoms with Gasteiger partial charge in [-0.1, -0.05) is 0 Å². The van der Waals surface area contributed by atoms with Crippen molar-refractivity contribution in [1.82, 2.24) is 19.7 Å². The van der Waals surface area contributed by atoms with Crippen LogP contribution in [0.25, 0.3) is 0 Å². The summed E-state index contributed by atoms with van der Waals surface area (Å²) >= 11 is 0. The van der Waals surface area contributed by atoms with E-state index in [1.54, 1.807) is 18.9 Å². The summed E-state index contributed by atoms with van der Waals surface area (Å²) in [6.07, 6.45) is 2.10. The van der Waals surface area contributed by atoms with Gasteiger partial charge in [0.15, 0.2) is 5.82 Å². The molecule has 1 aromatic heterocycles. The van der Waals surface area contributed by atoms with Gasteiger partial charge in [-0.2, -0.15) is 0 Å². The molecule has 1 unspecified atom stereocenters. The van der Waals surface area contributed by atoms with E-state index in [4.69, 9.17) is 5.73 Å². The molecule has 6 nitrogen and oxygen atoms in total. The summed E-state index contributed by atoms with van der Waals surface area (Å²) in [4.78, 5) is 13.2. The second kappa shape index (κ2) is 4.21. The number of carbonyl (C=O) groups is 1. The molecule has 1 aliphatic heterocycles. The van der Waals surface area contributed by atoms with E-state index >= 15 is 0 Å². The molecule has 0 aliphatic carbocycles. The highest BCUT2D eigenvalue weighted by Crippen LogP contribution is 2.14. The number of aryl methyl sites for hydroxylation is 1. The molecule has 2 rings (SSSR count). The van der Waals surface area contributed by atoms with Crippen LogP contribution >= 0.6 is 0 Å². The van der Waals surface area contributed by atoms with Gasteiger partial charge in [-0.25, -0.2) is 0 Å².